The molecule has 0 aliphatic heterocycles. The largest absolute Gasteiger partial charge is 0.494 e. The van der Waals surface area contributed by atoms with Gasteiger partial charge in [-0.1, -0.05) is 11.2 Å². The Hall–Kier alpha value is -1.88. The van der Waals surface area contributed by atoms with Crippen LogP contribution in [0.25, 0.3) is 0 Å². The third-order valence-corrected chi connectivity index (χ3v) is 2.75. The number of methoxy groups -OCH3 is 1. The molecule has 0 saturated heterocycles. The Kier molecular flexibility index (Phi) is 3.94. The number of benzene rings is 1. The molecule has 5 heteroatoms. The maximum Gasteiger partial charge on any atom is 0.165 e. The number of hydrogen-bond donors (Lipinski definition) is 1. The fourth-order valence-corrected chi connectivity index (χ4v) is 1.66. The van der Waals surface area contributed by atoms with Crippen molar-refractivity contribution < 1.29 is 13.7 Å². The van der Waals surface area contributed by atoms with Crippen LogP contribution < -0.4 is 10.1 Å². The lowest BCUT2D eigenvalue weighted by Crippen LogP contribution is -2.17. The predicted octanol–water partition coefficient (Wildman–Crippen LogP) is 2.67. The summed E-state index contributed by atoms with van der Waals surface area (Å²) in [4.78, 5) is 0. The molecule has 2 aromatic rings. The molecule has 0 fully saturated rings. The van der Waals surface area contributed by atoms with Crippen molar-refractivity contribution in [1.29, 1.82) is 0 Å². The summed E-state index contributed by atoms with van der Waals surface area (Å²) in [7, 11) is 1.45. The summed E-state index contributed by atoms with van der Waals surface area (Å²) in [5.74, 6) is 0.639. The Morgan fingerprint density at radius 3 is 2.89 bits per heavy atom. The van der Waals surface area contributed by atoms with Gasteiger partial charge in [0.2, 0.25) is 0 Å². The highest BCUT2D eigenvalue weighted by Crippen LogP contribution is 2.21. The molecule has 1 N–H and O–H groups in total. The zero-order valence-electron chi connectivity index (χ0n) is 10.3. The first kappa shape index (κ1) is 12.6. The number of nitrogens with zero attached hydrogens (tertiary/aromatic N) is 1. The second-order valence-electron chi connectivity index (χ2n) is 3.98. The van der Waals surface area contributed by atoms with Gasteiger partial charge in [0, 0.05) is 12.1 Å². The van der Waals surface area contributed by atoms with Crippen LogP contribution in [0.1, 0.15) is 24.3 Å². The monoisotopic (exact) mass is 250 g/mol. The fraction of sp³-hybridized carbons (Fsp3) is 0.308. The van der Waals surface area contributed by atoms with Gasteiger partial charge in [-0.3, -0.25) is 0 Å². The third kappa shape index (κ3) is 2.87. The Morgan fingerprint density at radius 1 is 1.44 bits per heavy atom. The molecule has 18 heavy (non-hydrogen) atoms. The standard InChI is InChI=1S/C13H15FN2O2/c1-9(15-8-11-5-6-16-18-11)10-3-4-13(17-2)12(14)7-10/h3-7,9,15H,8H2,1-2H3. The Bertz CT molecular complexity index is 500. The SMILES string of the molecule is COc1ccc(C(C)NCc2ccno2)cc1F. The minimum Gasteiger partial charge on any atom is -0.494 e. The summed E-state index contributed by atoms with van der Waals surface area (Å²) in [5, 5.41) is 6.84. The summed E-state index contributed by atoms with van der Waals surface area (Å²) in [6, 6.07) is 6.72. The molecular weight excluding hydrogens is 235 g/mol. The summed E-state index contributed by atoms with van der Waals surface area (Å²) in [6.07, 6.45) is 1.59. The number of halogens is 1. The van der Waals surface area contributed by atoms with E-state index >= 15 is 0 Å². The summed E-state index contributed by atoms with van der Waals surface area (Å²) < 4.78 is 23.4. The van der Waals surface area contributed by atoms with Crippen molar-refractivity contribution in [3.05, 3.63) is 47.6 Å². The van der Waals surface area contributed by atoms with Crippen LogP contribution in [0.5, 0.6) is 5.75 Å². The maximum absolute atomic E-state index is 13.5. The lowest BCUT2D eigenvalue weighted by atomic mass is 10.1. The highest BCUT2D eigenvalue weighted by molar-refractivity contribution is 5.30. The Balaban J connectivity index is 2.00. The number of ether oxygens (including phenoxy) is 1. The van der Waals surface area contributed by atoms with Crippen molar-refractivity contribution in [3.8, 4) is 5.75 Å². The quantitative estimate of drug-likeness (QED) is 0.886. The zero-order chi connectivity index (χ0) is 13.0. The molecule has 0 radical (unpaired) electrons. The molecule has 0 saturated carbocycles. The number of nitrogens with one attached hydrogen (secondary N) is 1. The van der Waals surface area contributed by atoms with Crippen molar-refractivity contribution >= 4 is 0 Å². The highest BCUT2D eigenvalue weighted by atomic mass is 19.1. The van der Waals surface area contributed by atoms with E-state index in [-0.39, 0.29) is 17.6 Å². The summed E-state index contributed by atoms with van der Waals surface area (Å²) in [5.41, 5.74) is 0.854. The molecule has 0 aliphatic carbocycles. The number of rotatable bonds is 5. The molecule has 1 aromatic carbocycles. The van der Waals surface area contributed by atoms with Crippen molar-refractivity contribution in [1.82, 2.24) is 10.5 Å². The maximum atomic E-state index is 13.5. The van der Waals surface area contributed by atoms with Crippen LogP contribution >= 0.6 is 0 Å². The van der Waals surface area contributed by atoms with E-state index in [4.69, 9.17) is 9.26 Å². The van der Waals surface area contributed by atoms with Crippen LogP contribution in [0.15, 0.2) is 35.0 Å². The predicted molar refractivity (Wildman–Crippen MR) is 64.7 cm³/mol. The topological polar surface area (TPSA) is 47.3 Å². The molecule has 1 aromatic heterocycles. The van der Waals surface area contributed by atoms with Gasteiger partial charge in [-0.15, -0.1) is 0 Å². The molecule has 0 bridgehead atoms. The van der Waals surface area contributed by atoms with E-state index in [1.54, 1.807) is 18.3 Å². The lowest BCUT2D eigenvalue weighted by Gasteiger charge is -2.14. The van der Waals surface area contributed by atoms with Crippen molar-refractivity contribution in [2.75, 3.05) is 7.11 Å². The van der Waals surface area contributed by atoms with Gasteiger partial charge >= 0.3 is 0 Å². The minimum absolute atomic E-state index is 0.00973. The molecule has 4 nitrogen and oxygen atoms in total. The van der Waals surface area contributed by atoms with Gasteiger partial charge in [0.25, 0.3) is 0 Å². The molecule has 1 unspecified atom stereocenters. The molecular formula is C13H15FN2O2. The molecule has 0 aliphatic rings. The molecule has 2 rings (SSSR count). The van der Waals surface area contributed by atoms with E-state index in [0.29, 0.717) is 6.54 Å². The first-order chi connectivity index (χ1) is 8.70. The molecule has 1 heterocycles. The summed E-state index contributed by atoms with van der Waals surface area (Å²) in [6.45, 7) is 2.51. The van der Waals surface area contributed by atoms with Gasteiger partial charge in [-0.05, 0) is 24.6 Å². The normalized spacial score (nSPS) is 12.4. The van der Waals surface area contributed by atoms with E-state index in [1.807, 2.05) is 13.0 Å². The molecule has 0 spiro atoms. The van der Waals surface area contributed by atoms with Gasteiger partial charge in [0.05, 0.1) is 19.9 Å². The van der Waals surface area contributed by atoms with Gasteiger partial charge in [-0.2, -0.15) is 0 Å². The van der Waals surface area contributed by atoms with E-state index in [0.717, 1.165) is 11.3 Å². The van der Waals surface area contributed by atoms with Crippen LogP contribution in [-0.2, 0) is 6.54 Å². The average Bonchev–Trinajstić information content (AvgIpc) is 2.89. The minimum atomic E-state index is -0.358. The van der Waals surface area contributed by atoms with Gasteiger partial charge in [-0.25, -0.2) is 4.39 Å². The van der Waals surface area contributed by atoms with E-state index in [2.05, 4.69) is 10.5 Å². The van der Waals surface area contributed by atoms with Crippen molar-refractivity contribution in [2.45, 2.75) is 19.5 Å². The van der Waals surface area contributed by atoms with Gasteiger partial charge in [0.1, 0.15) is 5.76 Å². The first-order valence-corrected chi connectivity index (χ1v) is 5.67. The summed E-state index contributed by atoms with van der Waals surface area (Å²) >= 11 is 0. The Morgan fingerprint density at radius 2 is 2.28 bits per heavy atom. The zero-order valence-corrected chi connectivity index (χ0v) is 10.3. The second-order valence-corrected chi connectivity index (χ2v) is 3.98. The van der Waals surface area contributed by atoms with Crippen LogP contribution in [0.2, 0.25) is 0 Å². The first-order valence-electron chi connectivity index (χ1n) is 5.67. The van der Waals surface area contributed by atoms with E-state index < -0.39 is 0 Å². The molecule has 0 amide bonds. The van der Waals surface area contributed by atoms with Crippen molar-refractivity contribution in [2.24, 2.45) is 0 Å². The Labute approximate surface area is 105 Å². The molecule has 96 valence electrons. The smallest absolute Gasteiger partial charge is 0.165 e. The molecule has 1 atom stereocenters. The average molecular weight is 250 g/mol. The number of hydrogen-bond acceptors (Lipinski definition) is 4. The number of aromatic nitrogens is 1. The van der Waals surface area contributed by atoms with Crippen molar-refractivity contribution in [3.63, 3.8) is 0 Å². The van der Waals surface area contributed by atoms with Crippen LogP contribution in [0.4, 0.5) is 4.39 Å². The lowest BCUT2D eigenvalue weighted by molar-refractivity contribution is 0.365. The fourth-order valence-electron chi connectivity index (χ4n) is 1.66. The third-order valence-electron chi connectivity index (χ3n) is 2.75. The van der Waals surface area contributed by atoms with E-state index in [1.165, 1.54) is 13.2 Å². The van der Waals surface area contributed by atoms with Crippen LogP contribution in [0.3, 0.4) is 0 Å². The highest BCUT2D eigenvalue weighted by Gasteiger charge is 2.09. The van der Waals surface area contributed by atoms with Gasteiger partial charge < -0.3 is 14.6 Å². The van der Waals surface area contributed by atoms with Gasteiger partial charge in [0.15, 0.2) is 11.6 Å². The van der Waals surface area contributed by atoms with Crippen LogP contribution in [-0.4, -0.2) is 12.3 Å². The second kappa shape index (κ2) is 5.64. The van der Waals surface area contributed by atoms with Crippen LogP contribution in [0, 0.1) is 5.82 Å². The van der Waals surface area contributed by atoms with E-state index in [9.17, 15) is 4.39 Å².